The van der Waals surface area contributed by atoms with Crippen LogP contribution in [0.15, 0.2) is 36.9 Å². The molecule has 0 spiro atoms. The van der Waals surface area contributed by atoms with Gasteiger partial charge in [0.1, 0.15) is 11.8 Å². The molecule has 3 aromatic rings. The molecule has 23 heavy (non-hydrogen) atoms. The van der Waals surface area contributed by atoms with Crippen molar-refractivity contribution in [3.63, 3.8) is 0 Å². The molecule has 0 unspecified atom stereocenters. The number of hydrogen-bond acceptors (Lipinski definition) is 7. The van der Waals surface area contributed by atoms with Gasteiger partial charge < -0.3 is 15.4 Å². The van der Waals surface area contributed by atoms with Crippen LogP contribution in [-0.2, 0) is 0 Å². The van der Waals surface area contributed by atoms with E-state index in [9.17, 15) is 0 Å². The maximum atomic E-state index is 5.10. The van der Waals surface area contributed by atoms with Crippen LogP contribution in [0.25, 0.3) is 5.52 Å². The van der Waals surface area contributed by atoms with Crippen LogP contribution in [0.5, 0.6) is 5.88 Å². The quantitative estimate of drug-likeness (QED) is 0.739. The second kappa shape index (κ2) is 5.71. The number of fused-ring (bicyclic) bond motifs is 1. The minimum absolute atomic E-state index is 0.351. The van der Waals surface area contributed by atoms with Crippen molar-refractivity contribution in [2.24, 2.45) is 0 Å². The Kier molecular flexibility index (Phi) is 3.41. The molecule has 1 saturated carbocycles. The maximum Gasteiger partial charge on any atom is 0.226 e. The van der Waals surface area contributed by atoms with Gasteiger partial charge in [-0.05, 0) is 25.0 Å². The summed E-state index contributed by atoms with van der Waals surface area (Å²) in [6.07, 6.45) is 7.13. The van der Waals surface area contributed by atoms with Crippen molar-refractivity contribution in [2.45, 2.75) is 24.9 Å². The van der Waals surface area contributed by atoms with Crippen LogP contribution in [0.4, 0.5) is 11.8 Å². The zero-order valence-electron chi connectivity index (χ0n) is 12.7. The molecule has 3 heterocycles. The summed E-state index contributed by atoms with van der Waals surface area (Å²) in [6, 6.07) is 6.42. The highest BCUT2D eigenvalue weighted by Gasteiger charge is 2.30. The lowest BCUT2D eigenvalue weighted by atomic mass is 9.87. The van der Waals surface area contributed by atoms with Crippen LogP contribution in [0.1, 0.15) is 12.8 Å². The first-order valence-corrected chi connectivity index (χ1v) is 7.50. The molecule has 2 N–H and O–H groups in total. The second-order valence-corrected chi connectivity index (χ2v) is 5.52. The highest BCUT2D eigenvalue weighted by Crippen LogP contribution is 2.27. The predicted molar refractivity (Wildman–Crippen MR) is 85.6 cm³/mol. The van der Waals surface area contributed by atoms with Gasteiger partial charge in [0.2, 0.25) is 11.8 Å². The van der Waals surface area contributed by atoms with E-state index in [2.05, 4.69) is 30.7 Å². The molecule has 0 saturated heterocycles. The summed E-state index contributed by atoms with van der Waals surface area (Å²) >= 11 is 0. The standard InChI is InChI=1S/C15H17N7O/c1-23-13-4-5-16-15(21-13)20-11-7-10(8-11)19-14-12-3-2-6-22(12)18-9-17-14/h2-6,9-11H,7-8H2,1H3,(H,16,20,21)(H,17,18,19). The SMILES string of the molecule is COc1ccnc(NC2CC(Nc3ncnn4cccc34)C2)n1. The van der Waals surface area contributed by atoms with Crippen LogP contribution in [0.3, 0.4) is 0 Å². The van der Waals surface area contributed by atoms with E-state index in [0.29, 0.717) is 23.9 Å². The molecule has 1 fully saturated rings. The Labute approximate surface area is 132 Å². The van der Waals surface area contributed by atoms with Crippen LogP contribution in [-0.4, -0.2) is 43.8 Å². The third-order valence-electron chi connectivity index (χ3n) is 3.98. The average Bonchev–Trinajstić information content (AvgIpc) is 3.02. The number of rotatable bonds is 5. The number of ether oxygens (including phenoxy) is 1. The number of nitrogens with one attached hydrogen (secondary N) is 2. The number of hydrogen-bond donors (Lipinski definition) is 2. The molecule has 0 bridgehead atoms. The summed E-state index contributed by atoms with van der Waals surface area (Å²) in [5.41, 5.74) is 0.986. The lowest BCUT2D eigenvalue weighted by Crippen LogP contribution is -2.44. The van der Waals surface area contributed by atoms with Gasteiger partial charge >= 0.3 is 0 Å². The molecule has 0 atom stereocenters. The molecule has 0 aromatic carbocycles. The minimum atomic E-state index is 0.351. The fourth-order valence-corrected chi connectivity index (χ4v) is 2.73. The summed E-state index contributed by atoms with van der Waals surface area (Å²) < 4.78 is 6.91. The van der Waals surface area contributed by atoms with Crippen LogP contribution in [0.2, 0.25) is 0 Å². The Hall–Kier alpha value is -2.90. The van der Waals surface area contributed by atoms with Crippen molar-refractivity contribution in [3.05, 3.63) is 36.9 Å². The zero-order valence-corrected chi connectivity index (χ0v) is 12.7. The molecular weight excluding hydrogens is 294 g/mol. The predicted octanol–water partition coefficient (Wildman–Crippen LogP) is 1.58. The van der Waals surface area contributed by atoms with E-state index in [4.69, 9.17) is 4.74 Å². The molecule has 4 rings (SSSR count). The molecule has 0 radical (unpaired) electrons. The van der Waals surface area contributed by atoms with Gasteiger partial charge in [-0.1, -0.05) is 0 Å². The van der Waals surface area contributed by atoms with E-state index >= 15 is 0 Å². The molecule has 1 aliphatic rings. The fraction of sp³-hybridized carbons (Fsp3) is 0.333. The molecule has 8 nitrogen and oxygen atoms in total. The van der Waals surface area contributed by atoms with E-state index in [1.54, 1.807) is 25.7 Å². The second-order valence-electron chi connectivity index (χ2n) is 5.52. The van der Waals surface area contributed by atoms with Gasteiger partial charge in [0.25, 0.3) is 0 Å². The van der Waals surface area contributed by atoms with E-state index in [1.165, 1.54) is 0 Å². The lowest BCUT2D eigenvalue weighted by Gasteiger charge is -2.36. The summed E-state index contributed by atoms with van der Waals surface area (Å²) in [5, 5.41) is 11.0. The number of nitrogens with zero attached hydrogens (tertiary/aromatic N) is 5. The smallest absolute Gasteiger partial charge is 0.226 e. The topological polar surface area (TPSA) is 89.3 Å². The van der Waals surface area contributed by atoms with Crippen molar-refractivity contribution >= 4 is 17.3 Å². The van der Waals surface area contributed by atoms with Crippen molar-refractivity contribution < 1.29 is 4.74 Å². The van der Waals surface area contributed by atoms with Gasteiger partial charge in [-0.25, -0.2) is 14.5 Å². The van der Waals surface area contributed by atoms with Gasteiger partial charge in [-0.2, -0.15) is 10.1 Å². The molecule has 118 valence electrons. The monoisotopic (exact) mass is 311 g/mol. The van der Waals surface area contributed by atoms with E-state index < -0.39 is 0 Å². The third-order valence-corrected chi connectivity index (χ3v) is 3.98. The van der Waals surface area contributed by atoms with Gasteiger partial charge in [0.05, 0.1) is 7.11 Å². The first-order chi connectivity index (χ1) is 11.3. The first-order valence-electron chi connectivity index (χ1n) is 7.50. The molecule has 0 amide bonds. The van der Waals surface area contributed by atoms with E-state index in [0.717, 1.165) is 24.2 Å². The van der Waals surface area contributed by atoms with Gasteiger partial charge in [-0.15, -0.1) is 0 Å². The normalized spacial score (nSPS) is 20.0. The number of anilines is 2. The fourth-order valence-electron chi connectivity index (χ4n) is 2.73. The van der Waals surface area contributed by atoms with E-state index in [1.807, 2.05) is 22.8 Å². The molecule has 0 aliphatic heterocycles. The number of aromatic nitrogens is 5. The Morgan fingerprint density at radius 3 is 2.91 bits per heavy atom. The van der Waals surface area contributed by atoms with Crippen LogP contribution in [0, 0.1) is 0 Å². The van der Waals surface area contributed by atoms with Crippen molar-refractivity contribution in [1.82, 2.24) is 24.6 Å². The maximum absolute atomic E-state index is 5.10. The van der Waals surface area contributed by atoms with Gasteiger partial charge in [0.15, 0.2) is 5.82 Å². The Bertz CT molecular complexity index is 812. The van der Waals surface area contributed by atoms with Gasteiger partial charge in [-0.3, -0.25) is 0 Å². The van der Waals surface area contributed by atoms with Crippen molar-refractivity contribution in [3.8, 4) is 5.88 Å². The Morgan fingerprint density at radius 2 is 2.04 bits per heavy atom. The Balaban J connectivity index is 1.35. The molecule has 1 aliphatic carbocycles. The third kappa shape index (κ3) is 2.75. The molecular formula is C15H17N7O. The summed E-state index contributed by atoms with van der Waals surface area (Å²) in [4.78, 5) is 12.8. The van der Waals surface area contributed by atoms with Crippen LogP contribution >= 0.6 is 0 Å². The summed E-state index contributed by atoms with van der Waals surface area (Å²) in [5.74, 6) is 2.03. The van der Waals surface area contributed by atoms with Crippen molar-refractivity contribution in [1.29, 1.82) is 0 Å². The lowest BCUT2D eigenvalue weighted by molar-refractivity contribution is 0.387. The first kappa shape index (κ1) is 13.7. The van der Waals surface area contributed by atoms with E-state index in [-0.39, 0.29) is 0 Å². The highest BCUT2D eigenvalue weighted by atomic mass is 16.5. The van der Waals surface area contributed by atoms with Crippen LogP contribution < -0.4 is 15.4 Å². The zero-order chi connectivity index (χ0) is 15.6. The highest BCUT2D eigenvalue weighted by molar-refractivity contribution is 5.67. The Morgan fingerprint density at radius 1 is 1.17 bits per heavy atom. The summed E-state index contributed by atoms with van der Waals surface area (Å²) in [7, 11) is 1.60. The average molecular weight is 311 g/mol. The molecule has 3 aromatic heterocycles. The van der Waals surface area contributed by atoms with Crippen molar-refractivity contribution in [2.75, 3.05) is 17.7 Å². The summed E-state index contributed by atoms with van der Waals surface area (Å²) in [6.45, 7) is 0. The largest absolute Gasteiger partial charge is 0.481 e. The number of methoxy groups -OCH3 is 1. The molecule has 8 heteroatoms. The van der Waals surface area contributed by atoms with Gasteiger partial charge in [0, 0.05) is 30.5 Å². The minimum Gasteiger partial charge on any atom is -0.481 e.